The van der Waals surface area contributed by atoms with E-state index in [9.17, 15) is 4.79 Å². The zero-order valence-electron chi connectivity index (χ0n) is 11.0. The van der Waals surface area contributed by atoms with E-state index in [2.05, 4.69) is 21.6 Å². The van der Waals surface area contributed by atoms with Crippen LogP contribution in [0.15, 0.2) is 29.1 Å². The summed E-state index contributed by atoms with van der Waals surface area (Å²) < 4.78 is 1.57. The van der Waals surface area contributed by atoms with E-state index >= 15 is 0 Å². The van der Waals surface area contributed by atoms with Gasteiger partial charge in [0.2, 0.25) is 0 Å². The zero-order chi connectivity index (χ0) is 13.9. The first-order valence-corrected chi connectivity index (χ1v) is 6.68. The van der Waals surface area contributed by atoms with Gasteiger partial charge in [-0.2, -0.15) is 10.4 Å². The fraction of sp³-hybridized carbons (Fsp3) is 0.357. The molecule has 6 heteroatoms. The van der Waals surface area contributed by atoms with Gasteiger partial charge in [-0.05, 0) is 37.6 Å². The number of rotatable bonds is 2. The van der Waals surface area contributed by atoms with E-state index in [1.54, 1.807) is 22.8 Å². The molecule has 1 atom stereocenters. The molecule has 0 saturated carbocycles. The first-order valence-electron chi connectivity index (χ1n) is 6.68. The van der Waals surface area contributed by atoms with Crippen molar-refractivity contribution in [1.29, 1.82) is 5.26 Å². The summed E-state index contributed by atoms with van der Waals surface area (Å²) in [5, 5.41) is 19.0. The fourth-order valence-electron chi connectivity index (χ4n) is 2.62. The Bertz CT molecular complexity index is 703. The number of aromatic nitrogens is 3. The minimum absolute atomic E-state index is 0.216. The summed E-state index contributed by atoms with van der Waals surface area (Å²) in [7, 11) is 0. The maximum absolute atomic E-state index is 12.0. The average Bonchev–Trinajstić information content (AvgIpc) is 2.90. The van der Waals surface area contributed by atoms with Crippen molar-refractivity contribution in [3.05, 3.63) is 46.1 Å². The number of nitriles is 1. The molecule has 2 aromatic rings. The van der Waals surface area contributed by atoms with Crippen LogP contribution in [0.5, 0.6) is 0 Å². The van der Waals surface area contributed by atoms with E-state index in [1.807, 2.05) is 6.07 Å². The first-order chi connectivity index (χ1) is 9.79. The number of nitrogens with one attached hydrogen (secondary N) is 2. The second-order valence-corrected chi connectivity index (χ2v) is 4.93. The summed E-state index contributed by atoms with van der Waals surface area (Å²) >= 11 is 0. The third kappa shape index (κ3) is 2.24. The molecule has 0 spiro atoms. The highest BCUT2D eigenvalue weighted by molar-refractivity contribution is 5.42. The van der Waals surface area contributed by atoms with E-state index < -0.39 is 0 Å². The molecule has 1 aromatic carbocycles. The second-order valence-electron chi connectivity index (χ2n) is 4.93. The number of nitrogens with zero attached hydrogens (tertiary/aromatic N) is 3. The van der Waals surface area contributed by atoms with Crippen molar-refractivity contribution < 1.29 is 0 Å². The van der Waals surface area contributed by atoms with Gasteiger partial charge in [0, 0.05) is 12.5 Å². The number of hydrogen-bond acceptors (Lipinski definition) is 4. The summed E-state index contributed by atoms with van der Waals surface area (Å²) in [5.74, 6) is 0.950. The van der Waals surface area contributed by atoms with Gasteiger partial charge < -0.3 is 5.32 Å². The van der Waals surface area contributed by atoms with Crippen molar-refractivity contribution >= 4 is 0 Å². The van der Waals surface area contributed by atoms with Crippen LogP contribution >= 0.6 is 0 Å². The van der Waals surface area contributed by atoms with Gasteiger partial charge in [0.15, 0.2) is 0 Å². The minimum atomic E-state index is -0.263. The van der Waals surface area contributed by atoms with Crippen LogP contribution in [0.4, 0.5) is 0 Å². The largest absolute Gasteiger partial charge is 0.347 e. The van der Waals surface area contributed by atoms with E-state index in [4.69, 9.17) is 5.26 Å². The predicted molar refractivity (Wildman–Crippen MR) is 73.7 cm³/mol. The third-order valence-corrected chi connectivity index (χ3v) is 3.59. The van der Waals surface area contributed by atoms with Crippen molar-refractivity contribution in [2.45, 2.75) is 18.8 Å². The molecule has 0 radical (unpaired) electrons. The average molecular weight is 269 g/mol. The Kier molecular flexibility index (Phi) is 3.35. The van der Waals surface area contributed by atoms with Crippen molar-refractivity contribution in [2.75, 3.05) is 13.1 Å². The third-order valence-electron chi connectivity index (χ3n) is 3.59. The number of benzene rings is 1. The number of aromatic amines is 1. The molecule has 0 bridgehead atoms. The molecule has 1 aliphatic heterocycles. The molecule has 20 heavy (non-hydrogen) atoms. The molecule has 1 fully saturated rings. The van der Waals surface area contributed by atoms with Crippen LogP contribution in [0.2, 0.25) is 0 Å². The van der Waals surface area contributed by atoms with Crippen molar-refractivity contribution in [3.8, 4) is 11.8 Å². The monoisotopic (exact) mass is 269 g/mol. The summed E-state index contributed by atoms with van der Waals surface area (Å²) in [6.45, 7) is 1.83. The quantitative estimate of drug-likeness (QED) is 0.848. The second kappa shape index (κ2) is 5.31. The fourth-order valence-corrected chi connectivity index (χ4v) is 2.62. The van der Waals surface area contributed by atoms with Gasteiger partial charge in [-0.25, -0.2) is 14.5 Å². The van der Waals surface area contributed by atoms with Crippen LogP contribution in [0, 0.1) is 11.3 Å². The van der Waals surface area contributed by atoms with Gasteiger partial charge in [-0.1, -0.05) is 6.07 Å². The normalized spacial score (nSPS) is 18.6. The van der Waals surface area contributed by atoms with Crippen LogP contribution in [-0.4, -0.2) is 27.9 Å². The van der Waals surface area contributed by atoms with Gasteiger partial charge in [0.1, 0.15) is 5.82 Å². The Hall–Kier alpha value is -2.39. The van der Waals surface area contributed by atoms with Crippen LogP contribution in [-0.2, 0) is 0 Å². The van der Waals surface area contributed by atoms with Crippen LogP contribution < -0.4 is 11.0 Å². The Morgan fingerprint density at radius 3 is 3.10 bits per heavy atom. The number of H-pyrrole nitrogens is 1. The molecule has 0 aliphatic carbocycles. The van der Waals surface area contributed by atoms with E-state index in [-0.39, 0.29) is 11.6 Å². The summed E-state index contributed by atoms with van der Waals surface area (Å²) in [5.41, 5.74) is 0.951. The Morgan fingerprint density at radius 1 is 1.45 bits per heavy atom. The molecular formula is C14H15N5O. The standard InChI is InChI=1S/C14H15N5O/c15-8-10-3-1-5-12(7-10)19-13(17-18-14(19)20)11-4-2-6-16-9-11/h1,3,5,7,11,16H,2,4,6,9H2,(H,18,20). The van der Waals surface area contributed by atoms with E-state index in [0.717, 1.165) is 31.8 Å². The summed E-state index contributed by atoms with van der Waals surface area (Å²) in [6.07, 6.45) is 2.08. The number of hydrogen-bond donors (Lipinski definition) is 2. The minimum Gasteiger partial charge on any atom is -0.316 e. The van der Waals surface area contributed by atoms with Crippen LogP contribution in [0.1, 0.15) is 30.1 Å². The highest BCUT2D eigenvalue weighted by atomic mass is 16.1. The lowest BCUT2D eigenvalue weighted by Crippen LogP contribution is -2.31. The lowest BCUT2D eigenvalue weighted by atomic mass is 9.99. The topological polar surface area (TPSA) is 86.5 Å². The van der Waals surface area contributed by atoms with Gasteiger partial charge in [0.05, 0.1) is 17.3 Å². The predicted octanol–water partition coefficient (Wildman–Crippen LogP) is 0.899. The molecule has 2 N–H and O–H groups in total. The highest BCUT2D eigenvalue weighted by Crippen LogP contribution is 2.22. The smallest absolute Gasteiger partial charge is 0.316 e. The van der Waals surface area contributed by atoms with Gasteiger partial charge in [-0.3, -0.25) is 0 Å². The van der Waals surface area contributed by atoms with Crippen LogP contribution in [0.25, 0.3) is 5.69 Å². The first kappa shape index (κ1) is 12.6. The Morgan fingerprint density at radius 2 is 2.35 bits per heavy atom. The molecule has 3 rings (SSSR count). The maximum Gasteiger partial charge on any atom is 0.347 e. The Labute approximate surface area is 116 Å². The molecule has 1 unspecified atom stereocenters. The van der Waals surface area contributed by atoms with Crippen molar-refractivity contribution in [2.24, 2.45) is 0 Å². The molecular weight excluding hydrogens is 254 g/mol. The van der Waals surface area contributed by atoms with Crippen LogP contribution in [0.3, 0.4) is 0 Å². The molecule has 2 heterocycles. The summed E-state index contributed by atoms with van der Waals surface area (Å²) in [6, 6.07) is 9.10. The number of piperidine rings is 1. The molecule has 102 valence electrons. The summed E-state index contributed by atoms with van der Waals surface area (Å²) in [4.78, 5) is 12.0. The molecule has 1 saturated heterocycles. The molecule has 0 amide bonds. The lowest BCUT2D eigenvalue weighted by Gasteiger charge is -2.22. The van der Waals surface area contributed by atoms with Gasteiger partial charge in [-0.15, -0.1) is 0 Å². The maximum atomic E-state index is 12.0. The van der Waals surface area contributed by atoms with E-state index in [1.165, 1.54) is 0 Å². The van der Waals surface area contributed by atoms with Gasteiger partial charge >= 0.3 is 5.69 Å². The molecule has 1 aromatic heterocycles. The lowest BCUT2D eigenvalue weighted by molar-refractivity contribution is 0.442. The highest BCUT2D eigenvalue weighted by Gasteiger charge is 2.22. The van der Waals surface area contributed by atoms with Gasteiger partial charge in [0.25, 0.3) is 0 Å². The van der Waals surface area contributed by atoms with Crippen molar-refractivity contribution in [3.63, 3.8) is 0 Å². The Balaban J connectivity index is 2.06. The molecule has 1 aliphatic rings. The SMILES string of the molecule is N#Cc1cccc(-n2c(C3CCCNC3)n[nH]c2=O)c1. The molecule has 6 nitrogen and oxygen atoms in total. The zero-order valence-corrected chi connectivity index (χ0v) is 11.0. The van der Waals surface area contributed by atoms with E-state index in [0.29, 0.717) is 11.3 Å². The van der Waals surface area contributed by atoms with Crippen molar-refractivity contribution in [1.82, 2.24) is 20.1 Å².